The minimum Gasteiger partial charge on any atom is -0.462 e. The van der Waals surface area contributed by atoms with E-state index in [4.69, 9.17) is 4.74 Å². The quantitative estimate of drug-likeness (QED) is 0.322. The lowest BCUT2D eigenvalue weighted by Crippen LogP contribution is -2.46. The number of allylic oxidation sites excluding steroid dienone is 5. The number of rotatable bonds is 5. The van der Waals surface area contributed by atoms with Gasteiger partial charge in [-0.15, -0.1) is 0 Å². The monoisotopic (exact) mass is 438 g/mol. The SMILES string of the molecule is CC(=O)O[C@H]1CC[C@@]2(C)C(=CC=C3[C@@H]4CC[C@H]([C@H](C)/C=C/[C@H](C)C(C)C)[C@@]4(C)CC[C@@H]32)C1. The summed E-state index contributed by atoms with van der Waals surface area (Å²) in [6.07, 6.45) is 18.5. The van der Waals surface area contributed by atoms with E-state index in [0.717, 1.165) is 31.1 Å². The van der Waals surface area contributed by atoms with Gasteiger partial charge in [0.05, 0.1) is 0 Å². The maximum absolute atomic E-state index is 11.5. The predicted molar refractivity (Wildman–Crippen MR) is 133 cm³/mol. The molecule has 4 aliphatic carbocycles. The third-order valence-electron chi connectivity index (χ3n) is 10.3. The Bertz CT molecular complexity index is 817. The summed E-state index contributed by atoms with van der Waals surface area (Å²) in [7, 11) is 0. The molecule has 0 radical (unpaired) electrons. The van der Waals surface area contributed by atoms with Crippen LogP contribution in [0.3, 0.4) is 0 Å². The summed E-state index contributed by atoms with van der Waals surface area (Å²) in [6, 6.07) is 0. The smallest absolute Gasteiger partial charge is 0.302 e. The summed E-state index contributed by atoms with van der Waals surface area (Å²) in [5.74, 6) is 4.11. The van der Waals surface area contributed by atoms with Gasteiger partial charge in [-0.1, -0.05) is 77.0 Å². The van der Waals surface area contributed by atoms with Crippen LogP contribution in [0.4, 0.5) is 0 Å². The maximum atomic E-state index is 11.5. The van der Waals surface area contributed by atoms with E-state index in [9.17, 15) is 4.79 Å². The Balaban J connectivity index is 1.54. The molecule has 4 rings (SSSR count). The Morgan fingerprint density at radius 3 is 2.44 bits per heavy atom. The highest BCUT2D eigenvalue weighted by Crippen LogP contribution is 2.66. The van der Waals surface area contributed by atoms with Gasteiger partial charge in [0.15, 0.2) is 0 Å². The largest absolute Gasteiger partial charge is 0.462 e. The van der Waals surface area contributed by atoms with Crippen LogP contribution in [0.15, 0.2) is 35.5 Å². The van der Waals surface area contributed by atoms with Crippen LogP contribution in [0.5, 0.6) is 0 Å². The van der Waals surface area contributed by atoms with Crippen molar-refractivity contribution in [1.82, 2.24) is 0 Å². The van der Waals surface area contributed by atoms with Crippen LogP contribution in [0.1, 0.15) is 93.4 Å². The van der Waals surface area contributed by atoms with Crippen LogP contribution in [0.25, 0.3) is 0 Å². The molecular weight excluding hydrogens is 392 g/mol. The topological polar surface area (TPSA) is 26.3 Å². The van der Waals surface area contributed by atoms with Crippen LogP contribution < -0.4 is 0 Å². The van der Waals surface area contributed by atoms with Gasteiger partial charge in [-0.25, -0.2) is 0 Å². The fourth-order valence-corrected chi connectivity index (χ4v) is 7.92. The highest BCUT2D eigenvalue weighted by atomic mass is 16.5. The lowest BCUT2D eigenvalue weighted by Gasteiger charge is -2.55. The number of fused-ring (bicyclic) bond motifs is 5. The van der Waals surface area contributed by atoms with Crippen molar-refractivity contribution in [1.29, 1.82) is 0 Å². The number of hydrogen-bond acceptors (Lipinski definition) is 2. The molecule has 3 fully saturated rings. The van der Waals surface area contributed by atoms with Crippen LogP contribution in [0, 0.1) is 46.3 Å². The first-order valence-corrected chi connectivity index (χ1v) is 13.3. The lowest BCUT2D eigenvalue weighted by molar-refractivity contribution is -0.148. The molecule has 0 saturated heterocycles. The molecule has 0 amide bonds. The summed E-state index contributed by atoms with van der Waals surface area (Å²) < 4.78 is 5.59. The molecular formula is C30H46O2. The zero-order chi connectivity index (χ0) is 23.3. The normalized spacial score (nSPS) is 40.8. The first-order chi connectivity index (χ1) is 15.1. The van der Waals surface area contributed by atoms with E-state index in [2.05, 4.69) is 65.8 Å². The van der Waals surface area contributed by atoms with Crippen molar-refractivity contribution in [3.8, 4) is 0 Å². The van der Waals surface area contributed by atoms with Crippen LogP contribution >= 0.6 is 0 Å². The zero-order valence-corrected chi connectivity index (χ0v) is 21.6. The first-order valence-electron chi connectivity index (χ1n) is 13.3. The molecule has 0 aromatic rings. The van der Waals surface area contributed by atoms with Crippen molar-refractivity contribution in [3.05, 3.63) is 35.5 Å². The highest BCUT2D eigenvalue weighted by Gasteiger charge is 2.56. The molecule has 8 atom stereocenters. The van der Waals surface area contributed by atoms with Gasteiger partial charge in [-0.3, -0.25) is 4.79 Å². The van der Waals surface area contributed by atoms with E-state index in [1.165, 1.54) is 31.3 Å². The molecule has 0 heterocycles. The summed E-state index contributed by atoms with van der Waals surface area (Å²) in [4.78, 5) is 11.5. The average molecular weight is 439 g/mol. The number of hydrogen-bond donors (Lipinski definition) is 0. The van der Waals surface area contributed by atoms with Crippen molar-refractivity contribution < 1.29 is 9.53 Å². The lowest BCUT2D eigenvalue weighted by atomic mass is 9.50. The van der Waals surface area contributed by atoms with Crippen molar-refractivity contribution in [2.24, 2.45) is 46.3 Å². The molecule has 0 N–H and O–H groups in total. The summed E-state index contributed by atoms with van der Waals surface area (Å²) in [5, 5.41) is 0. The molecule has 0 spiro atoms. The molecule has 2 nitrogen and oxygen atoms in total. The van der Waals surface area contributed by atoms with Gasteiger partial charge in [-0.05, 0) is 84.9 Å². The second kappa shape index (κ2) is 8.80. The summed E-state index contributed by atoms with van der Waals surface area (Å²) >= 11 is 0. The predicted octanol–water partition coefficient (Wildman–Crippen LogP) is 7.90. The van der Waals surface area contributed by atoms with Gasteiger partial charge >= 0.3 is 5.97 Å². The van der Waals surface area contributed by atoms with Crippen molar-refractivity contribution in [3.63, 3.8) is 0 Å². The molecule has 0 aromatic heterocycles. The van der Waals surface area contributed by atoms with Crippen molar-refractivity contribution in [2.75, 3.05) is 0 Å². The first kappa shape index (κ1) is 23.8. The van der Waals surface area contributed by atoms with E-state index >= 15 is 0 Å². The van der Waals surface area contributed by atoms with E-state index in [1.807, 2.05) is 0 Å². The Morgan fingerprint density at radius 2 is 1.75 bits per heavy atom. The second-order valence-corrected chi connectivity index (χ2v) is 12.4. The maximum Gasteiger partial charge on any atom is 0.302 e. The molecule has 178 valence electrons. The number of esters is 1. The Morgan fingerprint density at radius 1 is 1.00 bits per heavy atom. The van der Waals surface area contributed by atoms with Crippen LogP contribution in [0.2, 0.25) is 0 Å². The fourth-order valence-electron chi connectivity index (χ4n) is 7.92. The van der Waals surface area contributed by atoms with Crippen LogP contribution in [-0.4, -0.2) is 12.1 Å². The molecule has 32 heavy (non-hydrogen) atoms. The van der Waals surface area contributed by atoms with Gasteiger partial charge in [0, 0.05) is 13.3 Å². The second-order valence-electron chi connectivity index (χ2n) is 12.4. The van der Waals surface area contributed by atoms with Gasteiger partial charge in [0.25, 0.3) is 0 Å². The Labute approximate surface area is 197 Å². The molecule has 4 aliphatic rings. The standard InChI is InChI=1S/C30H46O2/c1-19(2)20(3)8-9-21(4)26-12-13-27-25-11-10-23-18-24(32-22(5)31)14-16-29(23,6)28(25)15-17-30(26,27)7/h8-11,19-21,24,26-28H,12-18H2,1-7H3/b9-8+/t20-,21+,24-,26+,27-,28-,29-,30+/m0/s1. The Kier molecular flexibility index (Phi) is 6.56. The van der Waals surface area contributed by atoms with Gasteiger partial charge in [0.2, 0.25) is 0 Å². The number of carbonyl (C=O) groups is 1. The van der Waals surface area contributed by atoms with Crippen molar-refractivity contribution in [2.45, 2.75) is 99.5 Å². The highest BCUT2D eigenvalue weighted by molar-refractivity contribution is 5.66. The molecule has 0 unspecified atom stereocenters. The molecule has 3 saturated carbocycles. The van der Waals surface area contributed by atoms with Crippen LogP contribution in [-0.2, 0) is 9.53 Å². The van der Waals surface area contributed by atoms with E-state index in [-0.39, 0.29) is 17.5 Å². The zero-order valence-electron chi connectivity index (χ0n) is 21.6. The van der Waals surface area contributed by atoms with E-state index in [1.54, 1.807) is 12.5 Å². The minimum atomic E-state index is -0.136. The average Bonchev–Trinajstić information content (AvgIpc) is 3.08. The van der Waals surface area contributed by atoms with Gasteiger partial charge < -0.3 is 4.74 Å². The van der Waals surface area contributed by atoms with Gasteiger partial charge in [-0.2, -0.15) is 0 Å². The molecule has 0 aliphatic heterocycles. The third-order valence-corrected chi connectivity index (χ3v) is 10.3. The molecule has 0 aromatic carbocycles. The Hall–Kier alpha value is -1.31. The molecule has 0 bridgehead atoms. The number of ether oxygens (including phenoxy) is 1. The molecule has 2 heteroatoms. The summed E-state index contributed by atoms with van der Waals surface area (Å²) in [5.41, 5.74) is 3.98. The van der Waals surface area contributed by atoms with E-state index in [0.29, 0.717) is 29.1 Å². The third kappa shape index (κ3) is 4.05. The minimum absolute atomic E-state index is 0.0763. The number of carbonyl (C=O) groups excluding carboxylic acids is 1. The van der Waals surface area contributed by atoms with Gasteiger partial charge in [0.1, 0.15) is 6.10 Å². The van der Waals surface area contributed by atoms with Crippen molar-refractivity contribution >= 4 is 5.97 Å². The summed E-state index contributed by atoms with van der Waals surface area (Å²) in [6.45, 7) is 16.1. The fraction of sp³-hybridized carbons (Fsp3) is 0.767. The van der Waals surface area contributed by atoms with E-state index < -0.39 is 0 Å².